The molecule has 28 heavy (non-hydrogen) atoms. The summed E-state index contributed by atoms with van der Waals surface area (Å²) in [6.45, 7) is 2.55. The largest absolute Gasteiger partial charge is 0.478 e. The molecule has 1 heterocycles. The number of aromatic amines is 1. The third-order valence-corrected chi connectivity index (χ3v) is 4.16. The van der Waals surface area contributed by atoms with Gasteiger partial charge in [-0.1, -0.05) is 31.9 Å². The molecule has 0 bridgehead atoms. The summed E-state index contributed by atoms with van der Waals surface area (Å²) in [4.78, 5) is 37.1. The summed E-state index contributed by atoms with van der Waals surface area (Å²) >= 11 is 0. The number of nitrogens with two attached hydrogens (primary N) is 1. The Hall–Kier alpha value is -3.20. The van der Waals surface area contributed by atoms with Gasteiger partial charge >= 0.3 is 11.9 Å². The van der Waals surface area contributed by atoms with Crippen molar-refractivity contribution in [1.82, 2.24) is 4.98 Å². The average molecular weight is 392 g/mol. The van der Waals surface area contributed by atoms with Gasteiger partial charge < -0.3 is 25.7 Å². The Kier molecular flexibility index (Phi) is 6.89. The van der Waals surface area contributed by atoms with Gasteiger partial charge in [-0.05, 0) is 18.1 Å². The molecule has 0 saturated heterocycles. The maximum absolute atomic E-state index is 14.5. The lowest BCUT2D eigenvalue weighted by Gasteiger charge is -2.13. The first kappa shape index (κ1) is 21.1. The van der Waals surface area contributed by atoms with Crippen molar-refractivity contribution < 1.29 is 28.9 Å². The van der Waals surface area contributed by atoms with E-state index >= 15 is 0 Å². The van der Waals surface area contributed by atoms with Crippen LogP contribution in [0.5, 0.6) is 0 Å². The first-order valence-electron chi connectivity index (χ1n) is 8.66. The molecule has 2 aromatic rings. The number of aromatic nitrogens is 1. The summed E-state index contributed by atoms with van der Waals surface area (Å²) in [6, 6.07) is 3.66. The number of rotatable bonds is 9. The average Bonchev–Trinajstić information content (AvgIpc) is 2.61. The molecular formula is C19H21FN2O6. The molecular weight excluding hydrogens is 371 g/mol. The molecule has 0 aliphatic heterocycles. The topological polar surface area (TPSA) is 143 Å². The minimum absolute atomic E-state index is 0.0188. The first-order valence-corrected chi connectivity index (χ1v) is 8.66. The van der Waals surface area contributed by atoms with E-state index in [0.717, 1.165) is 25.3 Å². The standard InChI is InChI=1S/C19H21FN2O6/c1-2-3-4-7-28-9-11-6-5-10(8-12(11)20)13-14(18(24)25)16(21)22-17(23)15(13)19(26)27/h5-6,8H,2-4,7,9H2,1H3,(H,24,25)(H,26,27)(H3,21,22,23). The molecule has 0 radical (unpaired) electrons. The lowest BCUT2D eigenvalue weighted by molar-refractivity contribution is 0.0695. The fourth-order valence-electron chi connectivity index (χ4n) is 2.79. The van der Waals surface area contributed by atoms with E-state index in [9.17, 15) is 29.0 Å². The molecule has 0 aliphatic carbocycles. The van der Waals surface area contributed by atoms with E-state index in [1.807, 2.05) is 4.98 Å². The summed E-state index contributed by atoms with van der Waals surface area (Å²) in [5, 5.41) is 18.8. The van der Waals surface area contributed by atoms with Crippen molar-refractivity contribution in [1.29, 1.82) is 0 Å². The van der Waals surface area contributed by atoms with Crippen LogP contribution in [-0.2, 0) is 11.3 Å². The van der Waals surface area contributed by atoms with Gasteiger partial charge in [-0.15, -0.1) is 0 Å². The molecule has 150 valence electrons. The van der Waals surface area contributed by atoms with Crippen LogP contribution in [0, 0.1) is 5.82 Å². The van der Waals surface area contributed by atoms with Gasteiger partial charge in [0.1, 0.15) is 22.8 Å². The molecule has 9 heteroatoms. The third kappa shape index (κ3) is 4.55. The van der Waals surface area contributed by atoms with Gasteiger partial charge in [0.2, 0.25) is 0 Å². The minimum Gasteiger partial charge on any atom is -0.478 e. The van der Waals surface area contributed by atoms with E-state index in [0.29, 0.717) is 6.61 Å². The van der Waals surface area contributed by atoms with Crippen molar-refractivity contribution in [2.45, 2.75) is 32.8 Å². The number of H-pyrrole nitrogens is 1. The Morgan fingerprint density at radius 3 is 2.43 bits per heavy atom. The summed E-state index contributed by atoms with van der Waals surface area (Å²) in [5.74, 6) is -4.42. The van der Waals surface area contributed by atoms with Crippen LogP contribution in [0.25, 0.3) is 11.1 Å². The van der Waals surface area contributed by atoms with Crippen LogP contribution in [0.3, 0.4) is 0 Å². The van der Waals surface area contributed by atoms with Gasteiger partial charge in [-0.3, -0.25) is 4.79 Å². The second kappa shape index (κ2) is 9.14. The molecule has 0 fully saturated rings. The number of benzene rings is 1. The van der Waals surface area contributed by atoms with Crippen LogP contribution in [0.4, 0.5) is 10.2 Å². The quantitative estimate of drug-likeness (QED) is 0.481. The van der Waals surface area contributed by atoms with Crippen molar-refractivity contribution in [2.75, 3.05) is 12.3 Å². The number of unbranched alkanes of at least 4 members (excludes halogenated alkanes) is 2. The number of aromatic carboxylic acids is 2. The van der Waals surface area contributed by atoms with Gasteiger partial charge in [0, 0.05) is 17.7 Å². The molecule has 0 saturated carbocycles. The molecule has 0 spiro atoms. The summed E-state index contributed by atoms with van der Waals surface area (Å²) in [7, 11) is 0. The molecule has 1 aromatic carbocycles. The van der Waals surface area contributed by atoms with E-state index in [2.05, 4.69) is 6.92 Å². The van der Waals surface area contributed by atoms with Crippen molar-refractivity contribution >= 4 is 17.8 Å². The number of carbonyl (C=O) groups is 2. The van der Waals surface area contributed by atoms with Crippen molar-refractivity contribution in [2.24, 2.45) is 0 Å². The molecule has 2 rings (SSSR count). The predicted molar refractivity (Wildman–Crippen MR) is 100.0 cm³/mol. The van der Waals surface area contributed by atoms with Gasteiger partial charge in [0.15, 0.2) is 0 Å². The lowest BCUT2D eigenvalue weighted by Crippen LogP contribution is -2.24. The van der Waals surface area contributed by atoms with Crippen molar-refractivity contribution in [3.63, 3.8) is 0 Å². The SMILES string of the molecule is CCCCCOCc1ccc(-c2c(C(=O)O)c(N)[nH]c(=O)c2C(=O)O)cc1F. The summed E-state index contributed by atoms with van der Waals surface area (Å²) in [6.07, 6.45) is 2.89. The molecule has 0 atom stereocenters. The molecule has 0 unspecified atom stereocenters. The number of pyridine rings is 1. The normalized spacial score (nSPS) is 10.8. The zero-order chi connectivity index (χ0) is 20.8. The molecule has 0 amide bonds. The Bertz CT molecular complexity index is 954. The van der Waals surface area contributed by atoms with Crippen LogP contribution in [0.2, 0.25) is 0 Å². The van der Waals surface area contributed by atoms with E-state index in [-0.39, 0.29) is 17.7 Å². The van der Waals surface area contributed by atoms with Crippen LogP contribution in [0.1, 0.15) is 52.5 Å². The highest BCUT2D eigenvalue weighted by atomic mass is 19.1. The fraction of sp³-hybridized carbons (Fsp3) is 0.316. The summed E-state index contributed by atoms with van der Waals surface area (Å²) < 4.78 is 19.9. The zero-order valence-electron chi connectivity index (χ0n) is 15.3. The van der Waals surface area contributed by atoms with Crippen LogP contribution in [0.15, 0.2) is 23.0 Å². The monoisotopic (exact) mass is 392 g/mol. The Balaban J connectivity index is 2.47. The number of halogens is 1. The Labute approximate surface area is 159 Å². The lowest BCUT2D eigenvalue weighted by atomic mass is 9.94. The number of carboxylic acids is 2. The minimum atomic E-state index is -1.65. The fourth-order valence-corrected chi connectivity index (χ4v) is 2.79. The highest BCUT2D eigenvalue weighted by Crippen LogP contribution is 2.30. The first-order chi connectivity index (χ1) is 13.3. The van der Waals surface area contributed by atoms with Crippen LogP contribution >= 0.6 is 0 Å². The molecule has 0 aliphatic rings. The molecule has 8 nitrogen and oxygen atoms in total. The number of hydrogen-bond donors (Lipinski definition) is 4. The van der Waals surface area contributed by atoms with E-state index < -0.39 is 45.8 Å². The second-order valence-corrected chi connectivity index (χ2v) is 6.17. The smallest absolute Gasteiger partial charge is 0.342 e. The number of nitrogen functional groups attached to an aromatic ring is 1. The molecule has 1 aromatic heterocycles. The van der Waals surface area contributed by atoms with Gasteiger partial charge in [-0.25, -0.2) is 14.0 Å². The number of hydrogen-bond acceptors (Lipinski definition) is 5. The number of carboxylic acid groups (broad SMARTS) is 2. The second-order valence-electron chi connectivity index (χ2n) is 6.17. The summed E-state index contributed by atoms with van der Waals surface area (Å²) in [5.41, 5.74) is 2.75. The highest BCUT2D eigenvalue weighted by Gasteiger charge is 2.27. The van der Waals surface area contributed by atoms with E-state index in [4.69, 9.17) is 10.5 Å². The third-order valence-electron chi connectivity index (χ3n) is 4.16. The van der Waals surface area contributed by atoms with E-state index in [1.54, 1.807) is 0 Å². The van der Waals surface area contributed by atoms with Crippen LogP contribution < -0.4 is 11.3 Å². The van der Waals surface area contributed by atoms with Crippen LogP contribution in [-0.4, -0.2) is 33.7 Å². The van der Waals surface area contributed by atoms with E-state index in [1.165, 1.54) is 12.1 Å². The maximum Gasteiger partial charge on any atom is 0.342 e. The van der Waals surface area contributed by atoms with Gasteiger partial charge in [0.05, 0.1) is 6.61 Å². The number of nitrogens with one attached hydrogen (secondary N) is 1. The zero-order valence-corrected chi connectivity index (χ0v) is 15.3. The van der Waals surface area contributed by atoms with Gasteiger partial charge in [0.25, 0.3) is 5.56 Å². The molecule has 5 N–H and O–H groups in total. The number of ether oxygens (including phenoxy) is 1. The predicted octanol–water partition coefficient (Wildman–Crippen LogP) is 2.87. The Morgan fingerprint density at radius 1 is 1.18 bits per heavy atom. The maximum atomic E-state index is 14.5. The highest BCUT2D eigenvalue weighted by molar-refractivity contribution is 6.07. The Morgan fingerprint density at radius 2 is 1.86 bits per heavy atom. The van der Waals surface area contributed by atoms with Gasteiger partial charge in [-0.2, -0.15) is 0 Å². The van der Waals surface area contributed by atoms with Crippen molar-refractivity contribution in [3.8, 4) is 11.1 Å². The van der Waals surface area contributed by atoms with Crippen molar-refractivity contribution in [3.05, 3.63) is 51.1 Å². The number of anilines is 1.